The fourth-order valence-corrected chi connectivity index (χ4v) is 5.85. The average molecular weight is 398 g/mol. The molecule has 2 saturated heterocycles. The molecule has 7 heteroatoms. The largest absolute Gasteiger partial charge is 0.497 e. The van der Waals surface area contributed by atoms with E-state index in [0.717, 1.165) is 42.9 Å². The Hall–Kier alpha value is -2.54. The van der Waals surface area contributed by atoms with Crippen molar-refractivity contribution in [2.75, 3.05) is 25.5 Å². The second-order valence-corrected chi connectivity index (χ2v) is 8.56. The first-order valence-electron chi connectivity index (χ1n) is 10.2. The number of esters is 1. The zero-order valence-corrected chi connectivity index (χ0v) is 16.9. The van der Waals surface area contributed by atoms with Gasteiger partial charge < -0.3 is 19.5 Å². The van der Waals surface area contributed by atoms with Crippen LogP contribution >= 0.6 is 0 Å². The molecule has 1 spiro atoms. The maximum Gasteiger partial charge on any atom is 0.307 e. The van der Waals surface area contributed by atoms with Crippen LogP contribution < -0.4 is 10.1 Å². The van der Waals surface area contributed by atoms with Crippen molar-refractivity contribution < 1.29 is 23.8 Å². The van der Waals surface area contributed by atoms with Crippen LogP contribution in [0, 0.1) is 11.8 Å². The van der Waals surface area contributed by atoms with Crippen LogP contribution in [0.2, 0.25) is 0 Å². The quantitative estimate of drug-likeness (QED) is 0.771. The number of nitrogens with one attached hydrogen (secondary N) is 1. The van der Waals surface area contributed by atoms with Crippen LogP contribution in [-0.4, -0.2) is 49.1 Å². The predicted octanol–water partition coefficient (Wildman–Crippen LogP) is 2.42. The van der Waals surface area contributed by atoms with E-state index in [4.69, 9.17) is 14.2 Å². The van der Waals surface area contributed by atoms with Crippen LogP contribution in [0.5, 0.6) is 5.75 Å². The summed E-state index contributed by atoms with van der Waals surface area (Å²) in [7, 11) is 1.63. The Morgan fingerprint density at radius 2 is 2.21 bits per heavy atom. The summed E-state index contributed by atoms with van der Waals surface area (Å²) in [5, 5.41) is 3.09. The topological polar surface area (TPSA) is 77.1 Å². The van der Waals surface area contributed by atoms with Crippen LogP contribution in [0.4, 0.5) is 5.69 Å². The van der Waals surface area contributed by atoms with Crippen LogP contribution in [0.25, 0.3) is 0 Å². The van der Waals surface area contributed by atoms with Crippen molar-refractivity contribution >= 4 is 17.6 Å². The number of rotatable bonds is 2. The van der Waals surface area contributed by atoms with E-state index >= 15 is 0 Å². The first-order valence-corrected chi connectivity index (χ1v) is 10.2. The molecule has 4 aliphatic heterocycles. The number of fused-ring (bicyclic) bond motifs is 5. The molecule has 5 atom stereocenters. The van der Waals surface area contributed by atoms with Crippen molar-refractivity contribution in [2.45, 2.75) is 44.2 Å². The molecule has 1 amide bonds. The minimum Gasteiger partial charge on any atom is -0.497 e. The van der Waals surface area contributed by atoms with Gasteiger partial charge in [0.25, 0.3) is 0 Å². The third-order valence-corrected chi connectivity index (χ3v) is 7.23. The van der Waals surface area contributed by atoms with E-state index in [0.29, 0.717) is 5.76 Å². The minimum atomic E-state index is -0.574. The number of piperidine rings is 1. The van der Waals surface area contributed by atoms with Gasteiger partial charge in [-0.1, -0.05) is 6.07 Å². The highest BCUT2D eigenvalue weighted by Crippen LogP contribution is 2.54. The molecule has 0 saturated carbocycles. The standard InChI is InChI=1S/C22H26N2O5/c1-12-16-10-24-7-6-22(17-5-4-14(27-3)8-18(17)23-21(22)26)20(24)9-15(16)19(11-28-12)29-13(2)25/h4-5,8,11-12,15-16,20H,6-7,9-10H2,1-3H3,(H,23,26)/t12-,15+,16-,20-,22+/m1/s1. The highest BCUT2D eigenvalue weighted by Gasteiger charge is 2.61. The number of benzene rings is 1. The fraction of sp³-hybridized carbons (Fsp3) is 0.545. The summed E-state index contributed by atoms with van der Waals surface area (Å²) in [5.74, 6) is 1.35. The molecule has 29 heavy (non-hydrogen) atoms. The maximum atomic E-state index is 13.3. The summed E-state index contributed by atoms with van der Waals surface area (Å²) in [5.41, 5.74) is 1.32. The molecule has 0 unspecified atom stereocenters. The molecular weight excluding hydrogens is 372 g/mol. The lowest BCUT2D eigenvalue weighted by molar-refractivity contribution is -0.141. The van der Waals surface area contributed by atoms with Crippen molar-refractivity contribution in [1.29, 1.82) is 0 Å². The Morgan fingerprint density at radius 1 is 1.38 bits per heavy atom. The van der Waals surface area contributed by atoms with Gasteiger partial charge in [0.15, 0.2) is 0 Å². The Kier molecular flexibility index (Phi) is 4.13. The summed E-state index contributed by atoms with van der Waals surface area (Å²) < 4.78 is 16.6. The van der Waals surface area contributed by atoms with E-state index in [1.807, 2.05) is 18.2 Å². The van der Waals surface area contributed by atoms with E-state index in [1.165, 1.54) is 6.92 Å². The summed E-state index contributed by atoms with van der Waals surface area (Å²) in [6, 6.07) is 5.91. The lowest BCUT2D eigenvalue weighted by Gasteiger charge is -2.47. The molecule has 0 radical (unpaired) electrons. The van der Waals surface area contributed by atoms with Gasteiger partial charge >= 0.3 is 5.97 Å². The van der Waals surface area contributed by atoms with E-state index < -0.39 is 5.41 Å². The molecule has 1 N–H and O–H groups in total. The third kappa shape index (κ3) is 2.60. The number of carbonyl (C=O) groups is 2. The summed E-state index contributed by atoms with van der Waals surface area (Å²) in [6.45, 7) is 5.17. The smallest absolute Gasteiger partial charge is 0.307 e. The van der Waals surface area contributed by atoms with Crippen LogP contribution in [0.15, 0.2) is 30.2 Å². The van der Waals surface area contributed by atoms with Gasteiger partial charge in [0.1, 0.15) is 17.8 Å². The number of ether oxygens (including phenoxy) is 3. The Morgan fingerprint density at radius 3 is 2.97 bits per heavy atom. The molecular formula is C22H26N2O5. The molecule has 154 valence electrons. The van der Waals surface area contributed by atoms with Gasteiger partial charge in [-0.3, -0.25) is 14.5 Å². The van der Waals surface area contributed by atoms with Crippen LogP contribution in [-0.2, 0) is 24.5 Å². The molecule has 1 aromatic rings. The van der Waals surface area contributed by atoms with Gasteiger partial charge in [-0.15, -0.1) is 0 Å². The van der Waals surface area contributed by atoms with Gasteiger partial charge in [-0.25, -0.2) is 0 Å². The lowest BCUT2D eigenvalue weighted by Crippen LogP contribution is -2.56. The van der Waals surface area contributed by atoms with Crippen molar-refractivity contribution in [3.05, 3.63) is 35.8 Å². The molecule has 4 heterocycles. The number of anilines is 1. The molecule has 2 fully saturated rings. The minimum absolute atomic E-state index is 0.0470. The van der Waals surface area contributed by atoms with Crippen LogP contribution in [0.1, 0.15) is 32.3 Å². The monoisotopic (exact) mass is 398 g/mol. The predicted molar refractivity (Wildman–Crippen MR) is 105 cm³/mol. The molecule has 0 aliphatic carbocycles. The first kappa shape index (κ1) is 18.5. The lowest BCUT2D eigenvalue weighted by atomic mass is 9.68. The average Bonchev–Trinajstić information content (AvgIpc) is 3.21. The Balaban J connectivity index is 1.52. The highest BCUT2D eigenvalue weighted by molar-refractivity contribution is 6.07. The highest BCUT2D eigenvalue weighted by atomic mass is 16.6. The number of carbonyl (C=O) groups excluding carboxylic acids is 2. The Labute approximate surface area is 170 Å². The summed E-state index contributed by atoms with van der Waals surface area (Å²) >= 11 is 0. The zero-order chi connectivity index (χ0) is 20.3. The molecule has 1 aromatic carbocycles. The van der Waals surface area contributed by atoms with Crippen molar-refractivity contribution in [3.63, 3.8) is 0 Å². The summed E-state index contributed by atoms with van der Waals surface area (Å²) in [6.07, 6.45) is 3.18. The normalized spacial score (nSPS) is 35.1. The SMILES string of the molecule is COc1ccc2c(c1)NC(=O)[C@@]21CCN2C[C@H]3[C@H](C[C@@H]21)C(OC(C)=O)=CO[C@@H]3C. The van der Waals surface area contributed by atoms with E-state index in [1.54, 1.807) is 13.4 Å². The fourth-order valence-electron chi connectivity index (χ4n) is 5.85. The van der Waals surface area contributed by atoms with Crippen molar-refractivity contribution in [2.24, 2.45) is 11.8 Å². The zero-order valence-electron chi connectivity index (χ0n) is 16.9. The van der Waals surface area contributed by atoms with Crippen molar-refractivity contribution in [1.82, 2.24) is 4.90 Å². The number of nitrogens with zero attached hydrogens (tertiary/aromatic N) is 1. The van der Waals surface area contributed by atoms with E-state index in [2.05, 4.69) is 17.1 Å². The number of methoxy groups -OCH3 is 1. The van der Waals surface area contributed by atoms with Gasteiger partial charge in [0.2, 0.25) is 5.91 Å². The molecule has 4 aliphatic rings. The number of hydrogen-bond donors (Lipinski definition) is 1. The number of allylic oxidation sites excluding steroid dienone is 1. The number of amides is 1. The maximum absolute atomic E-state index is 13.3. The third-order valence-electron chi connectivity index (χ3n) is 7.23. The Bertz CT molecular complexity index is 912. The molecule has 7 nitrogen and oxygen atoms in total. The second kappa shape index (κ2) is 6.49. The van der Waals surface area contributed by atoms with Crippen molar-refractivity contribution in [3.8, 4) is 5.75 Å². The van der Waals surface area contributed by atoms with Gasteiger partial charge in [-0.2, -0.15) is 0 Å². The van der Waals surface area contributed by atoms with Gasteiger partial charge in [0.05, 0.1) is 18.6 Å². The molecule has 0 bridgehead atoms. The second-order valence-electron chi connectivity index (χ2n) is 8.56. The first-order chi connectivity index (χ1) is 13.9. The van der Waals surface area contributed by atoms with Gasteiger partial charge in [0, 0.05) is 43.1 Å². The number of hydrogen-bond acceptors (Lipinski definition) is 6. The van der Waals surface area contributed by atoms with E-state index in [9.17, 15) is 9.59 Å². The molecule has 0 aromatic heterocycles. The van der Waals surface area contributed by atoms with E-state index in [-0.39, 0.29) is 35.9 Å². The van der Waals surface area contributed by atoms with Gasteiger partial charge in [-0.05, 0) is 37.9 Å². The summed E-state index contributed by atoms with van der Waals surface area (Å²) in [4.78, 5) is 27.3. The molecule has 5 rings (SSSR count). The van der Waals surface area contributed by atoms with Crippen LogP contribution in [0.3, 0.4) is 0 Å².